The van der Waals surface area contributed by atoms with Gasteiger partial charge in [-0.2, -0.15) is 0 Å². The van der Waals surface area contributed by atoms with E-state index in [-0.39, 0.29) is 18.1 Å². The lowest BCUT2D eigenvalue weighted by Gasteiger charge is -2.16. The van der Waals surface area contributed by atoms with Gasteiger partial charge < -0.3 is 29.5 Å². The predicted octanol–water partition coefficient (Wildman–Crippen LogP) is 3.05. The van der Waals surface area contributed by atoms with Crippen LogP contribution in [0, 0.1) is 6.92 Å². The summed E-state index contributed by atoms with van der Waals surface area (Å²) >= 11 is 0. The second-order valence-electron chi connectivity index (χ2n) is 8.14. The van der Waals surface area contributed by atoms with Crippen LogP contribution in [0.25, 0.3) is 0 Å². The number of aromatic nitrogens is 2. The first-order chi connectivity index (χ1) is 16.8. The van der Waals surface area contributed by atoms with E-state index in [1.807, 2.05) is 0 Å². The van der Waals surface area contributed by atoms with E-state index < -0.39 is 12.0 Å². The number of aliphatic hydroxyl groups excluding tert-OH is 1. The van der Waals surface area contributed by atoms with E-state index in [1.165, 1.54) is 6.20 Å². The maximum absolute atomic E-state index is 12.9. The molecule has 1 aliphatic rings. The first kappa shape index (κ1) is 24.0. The summed E-state index contributed by atoms with van der Waals surface area (Å²) in [4.78, 5) is 35.3. The average Bonchev–Trinajstić information content (AvgIpc) is 2.98. The van der Waals surface area contributed by atoms with Gasteiger partial charge in [-0.25, -0.2) is 4.98 Å². The summed E-state index contributed by atoms with van der Waals surface area (Å²) in [5, 5.41) is 12.1. The Labute approximate surface area is 202 Å². The molecule has 1 aliphatic heterocycles. The van der Waals surface area contributed by atoms with Gasteiger partial charge in [0.15, 0.2) is 5.82 Å². The molecule has 0 spiro atoms. The smallest absolute Gasteiger partial charge is 0.257 e. The number of carbonyl (C=O) groups excluding carboxylic acids is 2. The fourth-order valence-electron chi connectivity index (χ4n) is 3.34. The minimum absolute atomic E-state index is 0.129. The van der Waals surface area contributed by atoms with E-state index in [0.29, 0.717) is 47.5 Å². The van der Waals surface area contributed by atoms with Gasteiger partial charge in [-0.15, -0.1) is 0 Å². The number of likely N-dealkylation sites (N-methyl/N-ethyl adjacent to an activating group) is 1. The molecule has 2 amide bonds. The van der Waals surface area contributed by atoms with Gasteiger partial charge in [-0.1, -0.05) is 0 Å². The Hall–Kier alpha value is -4.18. The number of carbonyl (C=O) groups is 2. The monoisotopic (exact) mass is 478 g/mol. The zero-order chi connectivity index (χ0) is 24.9. The van der Waals surface area contributed by atoms with Crippen molar-refractivity contribution in [2.45, 2.75) is 20.0 Å². The summed E-state index contributed by atoms with van der Waals surface area (Å²) in [6.45, 7) is 4.15. The number of ether oxygens (including phenoxy) is 3. The van der Waals surface area contributed by atoms with Crippen molar-refractivity contribution >= 4 is 17.6 Å². The Morgan fingerprint density at radius 1 is 1.17 bits per heavy atom. The van der Waals surface area contributed by atoms with Gasteiger partial charge in [0.25, 0.3) is 11.8 Å². The molecule has 10 nitrogen and oxygen atoms in total. The van der Waals surface area contributed by atoms with E-state index in [4.69, 9.17) is 14.2 Å². The molecule has 4 rings (SSSR count). The minimum atomic E-state index is -0.493. The highest BCUT2D eigenvalue weighted by Gasteiger charge is 2.21. The molecule has 1 atom stereocenters. The van der Waals surface area contributed by atoms with Gasteiger partial charge in [-0.3, -0.25) is 14.6 Å². The maximum atomic E-state index is 12.9. The maximum Gasteiger partial charge on any atom is 0.257 e. The number of aryl methyl sites for hydroxylation is 1. The third-order valence-corrected chi connectivity index (χ3v) is 5.21. The van der Waals surface area contributed by atoms with Gasteiger partial charge in [0, 0.05) is 24.7 Å². The summed E-state index contributed by atoms with van der Waals surface area (Å²) in [6.07, 6.45) is 2.52. The van der Waals surface area contributed by atoms with Crippen LogP contribution >= 0.6 is 0 Å². The fraction of sp³-hybridized carbons (Fsp3) is 0.280. The second-order valence-corrected chi connectivity index (χ2v) is 8.14. The van der Waals surface area contributed by atoms with E-state index in [2.05, 4.69) is 15.3 Å². The molecule has 0 saturated heterocycles. The zero-order valence-electron chi connectivity index (χ0n) is 19.6. The molecule has 0 radical (unpaired) electrons. The number of nitrogens with zero attached hydrogens (tertiary/aromatic N) is 3. The molecule has 182 valence electrons. The van der Waals surface area contributed by atoms with Crippen LogP contribution in [0.15, 0.2) is 48.8 Å². The number of anilines is 1. The lowest BCUT2D eigenvalue weighted by molar-refractivity contribution is 0.0796. The van der Waals surface area contributed by atoms with E-state index in [0.717, 1.165) is 5.69 Å². The number of fused-ring (bicyclic) bond motifs is 1. The molecule has 0 unspecified atom stereocenters. The fourth-order valence-corrected chi connectivity index (χ4v) is 3.34. The van der Waals surface area contributed by atoms with Crippen LogP contribution in [-0.2, 0) is 0 Å². The van der Waals surface area contributed by atoms with Crippen LogP contribution < -0.4 is 19.5 Å². The van der Waals surface area contributed by atoms with Gasteiger partial charge in [0.1, 0.15) is 35.7 Å². The van der Waals surface area contributed by atoms with E-state index in [1.54, 1.807) is 68.4 Å². The summed E-state index contributed by atoms with van der Waals surface area (Å²) in [7, 11) is 1.72. The van der Waals surface area contributed by atoms with E-state index >= 15 is 0 Å². The number of benzene rings is 2. The molecule has 0 aliphatic carbocycles. The van der Waals surface area contributed by atoms with Gasteiger partial charge in [0.05, 0.1) is 36.8 Å². The summed E-state index contributed by atoms with van der Waals surface area (Å²) in [5.41, 5.74) is 1.43. The number of amides is 2. The molecule has 0 bridgehead atoms. The number of hydrogen-bond donors (Lipinski definition) is 2. The number of hydrogen-bond acceptors (Lipinski definition) is 8. The SMILES string of the molecule is Cc1cnc(NC(=O)c2cc(Oc3ccc4c(c3)OCCN(C)C4=O)cc(O[C@@H](C)CO)c2)cn1. The molecule has 2 aromatic carbocycles. The number of aliphatic hydroxyl groups is 1. The van der Waals surface area contributed by atoms with Crippen molar-refractivity contribution in [1.29, 1.82) is 0 Å². The molecule has 35 heavy (non-hydrogen) atoms. The van der Waals surface area contributed by atoms with Crippen molar-refractivity contribution in [3.8, 4) is 23.0 Å². The quantitative estimate of drug-likeness (QED) is 0.531. The molecule has 10 heteroatoms. The molecule has 1 aromatic heterocycles. The minimum Gasteiger partial charge on any atom is -0.491 e. The van der Waals surface area contributed by atoms with Crippen molar-refractivity contribution in [3.05, 3.63) is 65.6 Å². The lowest BCUT2D eigenvalue weighted by atomic mass is 10.1. The van der Waals surface area contributed by atoms with Crippen LogP contribution in [0.1, 0.15) is 33.3 Å². The van der Waals surface area contributed by atoms with Crippen molar-refractivity contribution in [3.63, 3.8) is 0 Å². The van der Waals surface area contributed by atoms with E-state index in [9.17, 15) is 14.7 Å². The molecule has 0 saturated carbocycles. The standard InChI is InChI=1S/C25H26N4O6/c1-15-12-27-23(13-26-15)28-24(31)17-8-19(34-16(2)14-30)10-20(9-17)35-18-4-5-21-22(11-18)33-7-6-29(3)25(21)32/h4-5,8-13,16,30H,6-7,14H2,1-3H3,(H,27,28,31)/t16-/m0/s1. The molecule has 3 aromatic rings. The summed E-state index contributed by atoms with van der Waals surface area (Å²) < 4.78 is 17.4. The Morgan fingerprint density at radius 2 is 1.97 bits per heavy atom. The van der Waals surface area contributed by atoms with Gasteiger partial charge >= 0.3 is 0 Å². The Kier molecular flexibility index (Phi) is 7.11. The second kappa shape index (κ2) is 10.4. The molecule has 0 fully saturated rings. The number of rotatable bonds is 7. The highest BCUT2D eigenvalue weighted by atomic mass is 16.5. The normalized spacial score (nSPS) is 13.8. The van der Waals surface area contributed by atoms with Crippen LogP contribution in [0.4, 0.5) is 5.82 Å². The topological polar surface area (TPSA) is 123 Å². The Morgan fingerprint density at radius 3 is 2.71 bits per heavy atom. The van der Waals surface area contributed by atoms with Crippen LogP contribution in [-0.4, -0.2) is 64.7 Å². The zero-order valence-corrected chi connectivity index (χ0v) is 19.6. The average molecular weight is 479 g/mol. The highest BCUT2D eigenvalue weighted by molar-refractivity contribution is 6.04. The lowest BCUT2D eigenvalue weighted by Crippen LogP contribution is -2.27. The largest absolute Gasteiger partial charge is 0.491 e. The summed E-state index contributed by atoms with van der Waals surface area (Å²) in [5.74, 6) is 1.25. The Bertz CT molecular complexity index is 1230. The van der Waals surface area contributed by atoms with Crippen molar-refractivity contribution < 1.29 is 28.9 Å². The first-order valence-corrected chi connectivity index (χ1v) is 11.0. The third kappa shape index (κ3) is 5.85. The third-order valence-electron chi connectivity index (χ3n) is 5.21. The van der Waals surface area contributed by atoms with Crippen LogP contribution in [0.5, 0.6) is 23.0 Å². The van der Waals surface area contributed by atoms with Gasteiger partial charge in [0.2, 0.25) is 0 Å². The summed E-state index contributed by atoms with van der Waals surface area (Å²) in [6, 6.07) is 9.65. The molecule has 2 heterocycles. The van der Waals surface area contributed by atoms with Crippen LogP contribution in [0.3, 0.4) is 0 Å². The first-order valence-electron chi connectivity index (χ1n) is 11.0. The predicted molar refractivity (Wildman–Crippen MR) is 127 cm³/mol. The highest BCUT2D eigenvalue weighted by Crippen LogP contribution is 2.33. The Balaban J connectivity index is 1.61. The van der Waals surface area contributed by atoms with Crippen molar-refractivity contribution in [1.82, 2.24) is 14.9 Å². The molecular weight excluding hydrogens is 452 g/mol. The molecule has 2 N–H and O–H groups in total. The van der Waals surface area contributed by atoms with Crippen molar-refractivity contribution in [2.75, 3.05) is 32.1 Å². The van der Waals surface area contributed by atoms with Crippen LogP contribution in [0.2, 0.25) is 0 Å². The van der Waals surface area contributed by atoms with Crippen molar-refractivity contribution in [2.24, 2.45) is 0 Å². The van der Waals surface area contributed by atoms with Gasteiger partial charge in [-0.05, 0) is 38.1 Å². The molecular formula is C25H26N4O6. The number of nitrogens with one attached hydrogen (secondary N) is 1.